The number of likely N-dealkylation sites (tertiary alicyclic amines) is 1. The van der Waals surface area contributed by atoms with Gasteiger partial charge in [0.15, 0.2) is 5.82 Å². The van der Waals surface area contributed by atoms with Gasteiger partial charge in [-0.2, -0.15) is 18.3 Å². The van der Waals surface area contributed by atoms with Gasteiger partial charge in [-0.3, -0.25) is 9.48 Å². The van der Waals surface area contributed by atoms with Gasteiger partial charge in [0.1, 0.15) is 5.82 Å². The van der Waals surface area contributed by atoms with Crippen molar-refractivity contribution >= 4 is 11.7 Å². The van der Waals surface area contributed by atoms with Gasteiger partial charge in [-0.1, -0.05) is 0 Å². The number of imidazole rings is 1. The number of nitrogens with zero attached hydrogens (tertiary/aromatic N) is 5. The molecule has 5 heterocycles. The second kappa shape index (κ2) is 6.31. The summed E-state index contributed by atoms with van der Waals surface area (Å²) in [5.41, 5.74) is 5.77. The van der Waals surface area contributed by atoms with Crippen LogP contribution in [0.5, 0.6) is 0 Å². The molecular weight excluding hydrogens is 399 g/mol. The molecule has 3 N–H and O–H groups in total. The number of H-pyrrole nitrogens is 1. The lowest BCUT2D eigenvalue weighted by Gasteiger charge is -2.23. The first-order valence-electron chi connectivity index (χ1n) is 9.47. The Kier molecular flexibility index (Phi) is 3.92. The summed E-state index contributed by atoms with van der Waals surface area (Å²) in [5, 5.41) is 4.50. The van der Waals surface area contributed by atoms with E-state index in [0.29, 0.717) is 31.2 Å². The number of hydrogen-bond donors (Lipinski definition) is 2. The van der Waals surface area contributed by atoms with Crippen LogP contribution in [0.15, 0.2) is 30.7 Å². The summed E-state index contributed by atoms with van der Waals surface area (Å²) >= 11 is 0. The Labute approximate surface area is 168 Å². The van der Waals surface area contributed by atoms with Crippen LogP contribution in [-0.4, -0.2) is 48.6 Å². The van der Waals surface area contributed by atoms with Gasteiger partial charge >= 0.3 is 6.18 Å². The summed E-state index contributed by atoms with van der Waals surface area (Å²) in [6.45, 7) is 1.75. The highest BCUT2D eigenvalue weighted by atomic mass is 19.4. The summed E-state index contributed by atoms with van der Waals surface area (Å²) in [5.74, 6) is -0.420. The average Bonchev–Trinajstić information content (AvgIpc) is 3.48. The molecule has 0 aliphatic carbocycles. The molecule has 0 unspecified atom stereocenters. The van der Waals surface area contributed by atoms with Crippen molar-refractivity contribution in [3.63, 3.8) is 0 Å². The van der Waals surface area contributed by atoms with Gasteiger partial charge in [-0.15, -0.1) is 0 Å². The first-order valence-corrected chi connectivity index (χ1v) is 9.47. The largest absolute Gasteiger partial charge is 0.419 e. The van der Waals surface area contributed by atoms with Crippen molar-refractivity contribution in [2.75, 3.05) is 18.8 Å². The maximum Gasteiger partial charge on any atom is 0.419 e. The molecule has 3 aromatic heterocycles. The van der Waals surface area contributed by atoms with Crippen molar-refractivity contribution in [3.05, 3.63) is 47.8 Å². The number of fused-ring (bicyclic) bond motifs is 2. The summed E-state index contributed by atoms with van der Waals surface area (Å²) in [6.07, 6.45) is 1.44. The number of rotatable bonds is 2. The molecule has 5 rings (SSSR count). The summed E-state index contributed by atoms with van der Waals surface area (Å²) in [7, 11) is 0. The molecule has 2 aliphatic rings. The van der Waals surface area contributed by atoms with Crippen LogP contribution in [0.3, 0.4) is 0 Å². The topological polar surface area (TPSA) is 106 Å². The quantitative estimate of drug-likeness (QED) is 0.666. The van der Waals surface area contributed by atoms with Crippen LogP contribution >= 0.6 is 0 Å². The first kappa shape index (κ1) is 18.6. The monoisotopic (exact) mass is 417 g/mol. The fourth-order valence-electron chi connectivity index (χ4n) is 4.44. The van der Waals surface area contributed by atoms with Gasteiger partial charge in [0.05, 0.1) is 11.3 Å². The molecule has 1 saturated heterocycles. The molecule has 1 fully saturated rings. The smallest absolute Gasteiger partial charge is 0.383 e. The predicted octanol–water partition coefficient (Wildman–Crippen LogP) is 2.46. The summed E-state index contributed by atoms with van der Waals surface area (Å²) in [4.78, 5) is 24.9. The number of pyridine rings is 1. The lowest BCUT2D eigenvalue weighted by Crippen LogP contribution is -2.33. The third kappa shape index (κ3) is 2.84. The van der Waals surface area contributed by atoms with Gasteiger partial charge in [-0.25, -0.2) is 9.97 Å². The van der Waals surface area contributed by atoms with E-state index in [1.54, 1.807) is 17.2 Å². The number of nitrogens with two attached hydrogens (primary N) is 1. The van der Waals surface area contributed by atoms with E-state index < -0.39 is 17.6 Å². The van der Waals surface area contributed by atoms with Crippen LogP contribution in [0.2, 0.25) is 0 Å². The van der Waals surface area contributed by atoms with Crippen molar-refractivity contribution < 1.29 is 18.0 Å². The molecule has 11 heteroatoms. The van der Waals surface area contributed by atoms with Gasteiger partial charge in [-0.05, 0) is 25.0 Å². The Morgan fingerprint density at radius 2 is 2.00 bits per heavy atom. The Hall–Kier alpha value is -3.37. The number of nitrogens with one attached hydrogen (secondary N) is 1. The summed E-state index contributed by atoms with van der Waals surface area (Å²) < 4.78 is 41.4. The van der Waals surface area contributed by atoms with Gasteiger partial charge in [0.2, 0.25) is 0 Å². The van der Waals surface area contributed by atoms with E-state index in [1.165, 1.54) is 12.4 Å². The zero-order valence-electron chi connectivity index (χ0n) is 15.8. The Bertz CT molecular complexity index is 1120. The minimum atomic E-state index is -4.59. The second-order valence-electron chi connectivity index (χ2n) is 7.74. The second-order valence-corrected chi connectivity index (χ2v) is 7.74. The van der Waals surface area contributed by atoms with Crippen molar-refractivity contribution in [2.24, 2.45) is 0 Å². The number of hydrogen-bond acceptors (Lipinski definition) is 5. The fraction of sp³-hybridized carbons (Fsp3) is 0.368. The van der Waals surface area contributed by atoms with Crippen LogP contribution in [0.25, 0.3) is 11.3 Å². The standard InChI is InChI=1S/C19H18F3N7O/c20-19(21,22)12-7-11(9-26-15(12)23)13-8-14-18(2-6-29(14)27-13)1-5-28(10-18)17(30)16-24-3-4-25-16/h3-4,7-9H,1-2,5-6,10H2,(H2,23,26)(H,24,25)/t18-/m1/s1. The zero-order valence-corrected chi connectivity index (χ0v) is 15.8. The zero-order chi connectivity index (χ0) is 21.1. The molecule has 156 valence electrons. The molecule has 0 saturated carbocycles. The number of carbonyl (C=O) groups is 1. The van der Waals surface area contributed by atoms with Gasteiger partial charge < -0.3 is 15.6 Å². The number of aromatic amines is 1. The Balaban J connectivity index is 1.45. The number of aryl methyl sites for hydroxylation is 1. The third-order valence-electron chi connectivity index (χ3n) is 5.99. The highest BCUT2D eigenvalue weighted by molar-refractivity contribution is 5.90. The van der Waals surface area contributed by atoms with E-state index in [-0.39, 0.29) is 16.9 Å². The number of aromatic nitrogens is 5. The van der Waals surface area contributed by atoms with E-state index in [9.17, 15) is 18.0 Å². The van der Waals surface area contributed by atoms with Gasteiger partial charge in [0, 0.05) is 54.9 Å². The lowest BCUT2D eigenvalue weighted by atomic mass is 9.82. The van der Waals surface area contributed by atoms with Crippen LogP contribution in [0.1, 0.15) is 34.7 Å². The van der Waals surface area contributed by atoms with Gasteiger partial charge in [0.25, 0.3) is 5.91 Å². The minimum Gasteiger partial charge on any atom is -0.383 e. The SMILES string of the molecule is Nc1ncc(-c2cc3n(n2)CC[C@@]32CCN(C(=O)c3ncc[nH]3)C2)cc1C(F)(F)F. The molecule has 30 heavy (non-hydrogen) atoms. The summed E-state index contributed by atoms with van der Waals surface area (Å²) in [6, 6.07) is 2.79. The minimum absolute atomic E-state index is 0.160. The molecule has 1 amide bonds. The molecule has 0 aromatic carbocycles. The van der Waals surface area contributed by atoms with Crippen molar-refractivity contribution in [1.29, 1.82) is 0 Å². The number of halogens is 3. The lowest BCUT2D eigenvalue weighted by molar-refractivity contribution is -0.137. The number of amides is 1. The molecule has 0 bridgehead atoms. The fourth-order valence-corrected chi connectivity index (χ4v) is 4.44. The van der Waals surface area contributed by atoms with E-state index >= 15 is 0 Å². The highest BCUT2D eigenvalue weighted by Gasteiger charge is 2.47. The third-order valence-corrected chi connectivity index (χ3v) is 5.99. The molecule has 1 atom stereocenters. The van der Waals surface area contributed by atoms with E-state index in [2.05, 4.69) is 20.1 Å². The van der Waals surface area contributed by atoms with Crippen molar-refractivity contribution in [1.82, 2.24) is 29.6 Å². The number of carbonyl (C=O) groups excluding carboxylic acids is 1. The van der Waals surface area contributed by atoms with Crippen LogP contribution in [0, 0.1) is 0 Å². The molecule has 0 radical (unpaired) electrons. The molecular formula is C19H18F3N7O. The maximum atomic E-state index is 13.2. The Morgan fingerprint density at radius 3 is 2.73 bits per heavy atom. The Morgan fingerprint density at radius 1 is 1.20 bits per heavy atom. The highest BCUT2D eigenvalue weighted by Crippen LogP contribution is 2.44. The first-order chi connectivity index (χ1) is 14.3. The molecule has 3 aromatic rings. The number of alkyl halides is 3. The van der Waals surface area contributed by atoms with E-state index in [0.717, 1.165) is 24.6 Å². The predicted molar refractivity (Wildman–Crippen MR) is 100 cm³/mol. The normalized spacial score (nSPS) is 20.8. The molecule has 8 nitrogen and oxygen atoms in total. The van der Waals surface area contributed by atoms with Crippen LogP contribution in [-0.2, 0) is 18.1 Å². The molecule has 1 spiro atoms. The van der Waals surface area contributed by atoms with Crippen LogP contribution in [0.4, 0.5) is 19.0 Å². The van der Waals surface area contributed by atoms with E-state index in [1.807, 2.05) is 4.68 Å². The molecule has 2 aliphatic heterocycles. The average molecular weight is 417 g/mol. The van der Waals surface area contributed by atoms with Crippen molar-refractivity contribution in [3.8, 4) is 11.3 Å². The van der Waals surface area contributed by atoms with E-state index in [4.69, 9.17) is 5.73 Å². The maximum absolute atomic E-state index is 13.2. The number of nitrogen functional groups attached to an aromatic ring is 1. The van der Waals surface area contributed by atoms with Crippen molar-refractivity contribution in [2.45, 2.75) is 31.0 Å². The van der Waals surface area contributed by atoms with Crippen LogP contribution < -0.4 is 5.73 Å². The number of anilines is 1.